The van der Waals surface area contributed by atoms with Crippen LogP contribution in [0.4, 0.5) is 0 Å². The predicted molar refractivity (Wildman–Crippen MR) is 72.2 cm³/mol. The van der Waals surface area contributed by atoms with E-state index in [0.717, 1.165) is 12.2 Å². The van der Waals surface area contributed by atoms with Crippen molar-refractivity contribution >= 4 is 27.4 Å². The van der Waals surface area contributed by atoms with Gasteiger partial charge in [-0.2, -0.15) is 0 Å². The molecule has 0 aromatic rings. The molecule has 4 heteroatoms. The second-order valence-electron chi connectivity index (χ2n) is 4.98. The van der Waals surface area contributed by atoms with Gasteiger partial charge >= 0.3 is 0 Å². The van der Waals surface area contributed by atoms with Crippen LogP contribution in [-0.2, 0) is 4.79 Å². The number of Topliss-reactive ketones (excluding diaryl/α,β-unsaturated/α-hetero) is 1. The highest BCUT2D eigenvalue weighted by atomic mass is 33.1. The summed E-state index contributed by atoms with van der Waals surface area (Å²) in [6.07, 6.45) is 0.778. The maximum atomic E-state index is 11.8. The summed E-state index contributed by atoms with van der Waals surface area (Å²) in [6.45, 7) is 10.1. The van der Waals surface area contributed by atoms with Crippen LogP contribution in [0, 0.1) is 5.41 Å². The Morgan fingerprint density at radius 1 is 1.33 bits per heavy atom. The second-order valence-corrected chi connectivity index (χ2v) is 8.04. The van der Waals surface area contributed by atoms with E-state index in [1.54, 1.807) is 10.8 Å². The van der Waals surface area contributed by atoms with Crippen LogP contribution >= 0.6 is 21.6 Å². The van der Waals surface area contributed by atoms with Crippen molar-refractivity contribution in [2.24, 2.45) is 11.1 Å². The van der Waals surface area contributed by atoms with Gasteiger partial charge in [-0.15, -0.1) is 0 Å². The molecule has 2 nitrogen and oxygen atoms in total. The number of hydrogen-bond acceptors (Lipinski definition) is 4. The summed E-state index contributed by atoms with van der Waals surface area (Å²) in [7, 11) is 3.64. The van der Waals surface area contributed by atoms with E-state index in [2.05, 4.69) is 13.8 Å². The van der Waals surface area contributed by atoms with Crippen molar-refractivity contribution in [3.05, 3.63) is 0 Å². The number of carbonyl (C=O) groups is 1. The first kappa shape index (κ1) is 15.3. The zero-order chi connectivity index (χ0) is 12.1. The van der Waals surface area contributed by atoms with Gasteiger partial charge < -0.3 is 5.73 Å². The average molecular weight is 249 g/mol. The Morgan fingerprint density at radius 3 is 2.27 bits per heavy atom. The van der Waals surface area contributed by atoms with Crippen molar-refractivity contribution in [1.29, 1.82) is 0 Å². The molecule has 0 aromatic carbocycles. The number of rotatable bonds is 6. The summed E-state index contributed by atoms with van der Waals surface area (Å²) in [5.74, 6) is 1.11. The summed E-state index contributed by atoms with van der Waals surface area (Å²) in [4.78, 5) is 11.8. The zero-order valence-corrected chi connectivity index (χ0v) is 12.0. The first-order valence-electron chi connectivity index (χ1n) is 5.33. The number of hydrogen-bond donors (Lipinski definition) is 1. The summed E-state index contributed by atoms with van der Waals surface area (Å²) in [5, 5.41) is 0.629. The molecule has 0 unspecified atom stereocenters. The molecular weight excluding hydrogens is 226 g/mol. The molecule has 0 aliphatic carbocycles. The van der Waals surface area contributed by atoms with Crippen LogP contribution < -0.4 is 5.73 Å². The summed E-state index contributed by atoms with van der Waals surface area (Å²) < 4.78 is 0. The van der Waals surface area contributed by atoms with E-state index in [-0.39, 0.29) is 17.2 Å². The molecule has 0 fully saturated rings. The normalized spacial score (nSPS) is 14.3. The third-order valence-electron chi connectivity index (χ3n) is 1.85. The fourth-order valence-corrected chi connectivity index (χ4v) is 3.16. The lowest BCUT2D eigenvalue weighted by molar-refractivity contribution is -0.127. The lowest BCUT2D eigenvalue weighted by Crippen LogP contribution is -2.39. The lowest BCUT2D eigenvalue weighted by atomic mass is 9.86. The SMILES string of the molecule is CC(C)SSCC[C@H](N)C(=O)C(C)(C)C. The predicted octanol–water partition coefficient (Wildman–Crippen LogP) is 3.11. The first-order valence-corrected chi connectivity index (χ1v) is 7.71. The van der Waals surface area contributed by atoms with Gasteiger partial charge in [0.25, 0.3) is 0 Å². The van der Waals surface area contributed by atoms with Crippen LogP contribution in [0.1, 0.15) is 41.0 Å². The molecule has 0 rings (SSSR count). The summed E-state index contributed by atoms with van der Waals surface area (Å²) in [6, 6.07) is -0.301. The van der Waals surface area contributed by atoms with Crippen LogP contribution in [-0.4, -0.2) is 22.8 Å². The molecule has 0 aromatic heterocycles. The van der Waals surface area contributed by atoms with Crippen LogP contribution in [0.15, 0.2) is 0 Å². The molecule has 0 amide bonds. The van der Waals surface area contributed by atoms with E-state index in [1.807, 2.05) is 31.6 Å². The van der Waals surface area contributed by atoms with Crippen molar-refractivity contribution in [1.82, 2.24) is 0 Å². The number of ketones is 1. The van der Waals surface area contributed by atoms with E-state index >= 15 is 0 Å². The number of carbonyl (C=O) groups excluding carboxylic acids is 1. The van der Waals surface area contributed by atoms with Gasteiger partial charge in [-0.05, 0) is 6.42 Å². The van der Waals surface area contributed by atoms with Gasteiger partial charge in [0.15, 0.2) is 5.78 Å². The minimum atomic E-state index is -0.310. The minimum Gasteiger partial charge on any atom is -0.321 e. The molecule has 0 bridgehead atoms. The van der Waals surface area contributed by atoms with Gasteiger partial charge in [0, 0.05) is 16.4 Å². The Balaban J connectivity index is 3.75. The fourth-order valence-electron chi connectivity index (χ4n) is 1.05. The van der Waals surface area contributed by atoms with Crippen LogP contribution in [0.25, 0.3) is 0 Å². The maximum Gasteiger partial charge on any atom is 0.154 e. The molecule has 90 valence electrons. The molecule has 0 aliphatic rings. The molecule has 0 heterocycles. The van der Waals surface area contributed by atoms with Crippen molar-refractivity contribution in [2.45, 2.75) is 52.3 Å². The Morgan fingerprint density at radius 2 is 1.87 bits per heavy atom. The second kappa shape index (κ2) is 6.81. The molecule has 15 heavy (non-hydrogen) atoms. The van der Waals surface area contributed by atoms with Crippen LogP contribution in [0.2, 0.25) is 0 Å². The van der Waals surface area contributed by atoms with Crippen molar-refractivity contribution in [3.8, 4) is 0 Å². The molecule has 0 saturated heterocycles. The molecule has 0 spiro atoms. The highest BCUT2D eigenvalue weighted by Crippen LogP contribution is 2.27. The minimum absolute atomic E-state index is 0.164. The molecule has 0 aliphatic heterocycles. The Hall–Kier alpha value is 0.330. The van der Waals surface area contributed by atoms with Crippen LogP contribution in [0.3, 0.4) is 0 Å². The summed E-state index contributed by atoms with van der Waals surface area (Å²) in [5.41, 5.74) is 5.54. The van der Waals surface area contributed by atoms with E-state index in [1.165, 1.54) is 0 Å². The molecule has 2 N–H and O–H groups in total. The van der Waals surface area contributed by atoms with E-state index < -0.39 is 0 Å². The summed E-state index contributed by atoms with van der Waals surface area (Å²) >= 11 is 0. The monoisotopic (exact) mass is 249 g/mol. The van der Waals surface area contributed by atoms with E-state index in [9.17, 15) is 4.79 Å². The van der Waals surface area contributed by atoms with Crippen LogP contribution in [0.5, 0.6) is 0 Å². The smallest absolute Gasteiger partial charge is 0.154 e. The van der Waals surface area contributed by atoms with E-state index in [4.69, 9.17) is 5.73 Å². The molecule has 1 atom stereocenters. The zero-order valence-electron chi connectivity index (χ0n) is 10.4. The highest BCUT2D eigenvalue weighted by Gasteiger charge is 2.26. The Kier molecular flexibility index (Phi) is 6.96. The van der Waals surface area contributed by atoms with Gasteiger partial charge in [-0.25, -0.2) is 0 Å². The van der Waals surface area contributed by atoms with Gasteiger partial charge in [-0.1, -0.05) is 56.2 Å². The fraction of sp³-hybridized carbons (Fsp3) is 0.909. The third kappa shape index (κ3) is 7.25. The standard InChI is InChI=1S/C11H23NOS2/c1-8(2)15-14-7-6-9(12)10(13)11(3,4)5/h8-9H,6-7,12H2,1-5H3/t9-/m0/s1. The first-order chi connectivity index (χ1) is 6.75. The van der Waals surface area contributed by atoms with Crippen molar-refractivity contribution in [3.63, 3.8) is 0 Å². The quantitative estimate of drug-likeness (QED) is 0.580. The van der Waals surface area contributed by atoms with Gasteiger partial charge in [0.1, 0.15) is 0 Å². The molecule has 0 radical (unpaired) electrons. The highest BCUT2D eigenvalue weighted by molar-refractivity contribution is 8.76. The van der Waals surface area contributed by atoms with E-state index in [0.29, 0.717) is 5.25 Å². The largest absolute Gasteiger partial charge is 0.321 e. The van der Waals surface area contributed by atoms with Gasteiger partial charge in [0.05, 0.1) is 6.04 Å². The van der Waals surface area contributed by atoms with Crippen molar-refractivity contribution < 1.29 is 4.79 Å². The number of nitrogens with two attached hydrogens (primary N) is 1. The maximum absolute atomic E-state index is 11.8. The topological polar surface area (TPSA) is 43.1 Å². The Labute approximate surface area is 102 Å². The lowest BCUT2D eigenvalue weighted by Gasteiger charge is -2.21. The Bertz CT molecular complexity index is 199. The molecule has 0 saturated carbocycles. The van der Waals surface area contributed by atoms with Gasteiger partial charge in [-0.3, -0.25) is 4.79 Å². The van der Waals surface area contributed by atoms with Gasteiger partial charge in [0.2, 0.25) is 0 Å². The van der Waals surface area contributed by atoms with Crippen molar-refractivity contribution in [2.75, 3.05) is 5.75 Å². The molecular formula is C11H23NOS2. The average Bonchev–Trinajstić information content (AvgIpc) is 2.09. The third-order valence-corrected chi connectivity index (χ3v) is 4.83.